The number of methoxy groups -OCH3 is 1. The molecule has 6 nitrogen and oxygen atoms in total. The topological polar surface area (TPSA) is 71.5 Å². The highest BCUT2D eigenvalue weighted by molar-refractivity contribution is 5.99. The third kappa shape index (κ3) is 4.55. The largest absolute Gasteiger partial charge is 0.496 e. The van der Waals surface area contributed by atoms with Crippen LogP contribution in [-0.2, 0) is 11.2 Å². The van der Waals surface area contributed by atoms with Crippen LogP contribution in [0.3, 0.4) is 0 Å². The van der Waals surface area contributed by atoms with E-state index in [2.05, 4.69) is 10.3 Å². The fraction of sp³-hybridized carbons (Fsp3) is 0.278. The summed E-state index contributed by atoms with van der Waals surface area (Å²) in [4.78, 5) is 29.5. The molecule has 2 aromatic rings. The summed E-state index contributed by atoms with van der Waals surface area (Å²) in [5, 5.41) is 2.68. The molecule has 0 bridgehead atoms. The molecule has 1 heterocycles. The van der Waals surface area contributed by atoms with Gasteiger partial charge in [-0.15, -0.1) is 0 Å². The summed E-state index contributed by atoms with van der Waals surface area (Å²) in [6.45, 7) is 1.99. The second-order valence-corrected chi connectivity index (χ2v) is 5.43. The number of nitrogens with one attached hydrogen (secondary N) is 1. The third-order valence-corrected chi connectivity index (χ3v) is 3.58. The number of carbonyl (C=O) groups is 2. The van der Waals surface area contributed by atoms with Crippen LogP contribution in [0.25, 0.3) is 0 Å². The number of rotatable bonds is 6. The zero-order chi connectivity index (χ0) is 17.5. The van der Waals surface area contributed by atoms with E-state index in [1.165, 1.54) is 14.0 Å². The van der Waals surface area contributed by atoms with Gasteiger partial charge in [0.25, 0.3) is 5.91 Å². The van der Waals surface area contributed by atoms with Crippen molar-refractivity contribution in [2.45, 2.75) is 13.3 Å². The number of amides is 2. The first-order valence-corrected chi connectivity index (χ1v) is 7.61. The Bertz CT molecular complexity index is 717. The van der Waals surface area contributed by atoms with Gasteiger partial charge in [0, 0.05) is 38.6 Å². The van der Waals surface area contributed by atoms with Crippen molar-refractivity contribution in [3.8, 4) is 5.75 Å². The van der Waals surface area contributed by atoms with Crippen molar-refractivity contribution in [1.82, 2.24) is 9.88 Å². The monoisotopic (exact) mass is 327 g/mol. The van der Waals surface area contributed by atoms with Gasteiger partial charge in [-0.25, -0.2) is 0 Å². The summed E-state index contributed by atoms with van der Waals surface area (Å²) in [6.07, 6.45) is 4.20. The summed E-state index contributed by atoms with van der Waals surface area (Å²) in [7, 11) is 3.26. The van der Waals surface area contributed by atoms with Crippen LogP contribution in [0.5, 0.6) is 5.75 Å². The molecule has 0 spiro atoms. The van der Waals surface area contributed by atoms with Gasteiger partial charge in [-0.1, -0.05) is 0 Å². The van der Waals surface area contributed by atoms with E-state index in [1.807, 2.05) is 12.1 Å². The summed E-state index contributed by atoms with van der Waals surface area (Å²) in [6, 6.07) is 8.86. The quantitative estimate of drug-likeness (QED) is 0.884. The van der Waals surface area contributed by atoms with Gasteiger partial charge in [-0.05, 0) is 42.3 Å². The molecular weight excluding hydrogens is 306 g/mol. The van der Waals surface area contributed by atoms with Crippen LogP contribution in [0.1, 0.15) is 22.8 Å². The highest BCUT2D eigenvalue weighted by Crippen LogP contribution is 2.24. The first kappa shape index (κ1) is 17.5. The maximum atomic E-state index is 12.7. The zero-order valence-electron chi connectivity index (χ0n) is 14.1. The molecule has 0 saturated carbocycles. The lowest BCUT2D eigenvalue weighted by Gasteiger charge is -2.19. The van der Waals surface area contributed by atoms with Crippen molar-refractivity contribution in [3.63, 3.8) is 0 Å². The Balaban J connectivity index is 2.13. The lowest BCUT2D eigenvalue weighted by atomic mass is 10.1. The molecule has 1 aromatic carbocycles. The summed E-state index contributed by atoms with van der Waals surface area (Å²) in [5.41, 5.74) is 2.10. The van der Waals surface area contributed by atoms with Crippen molar-refractivity contribution < 1.29 is 14.3 Å². The minimum atomic E-state index is -0.190. The van der Waals surface area contributed by atoms with E-state index in [-0.39, 0.29) is 11.8 Å². The SMILES string of the molecule is COc1ccc(NC(C)=O)cc1C(=O)N(C)CCc1ccncc1. The van der Waals surface area contributed by atoms with E-state index >= 15 is 0 Å². The Morgan fingerprint density at radius 3 is 2.54 bits per heavy atom. The molecule has 1 N–H and O–H groups in total. The molecule has 2 rings (SSSR count). The van der Waals surface area contributed by atoms with E-state index in [0.717, 1.165) is 12.0 Å². The Labute approximate surface area is 141 Å². The average Bonchev–Trinajstić information content (AvgIpc) is 2.59. The van der Waals surface area contributed by atoms with Crippen LogP contribution in [0.4, 0.5) is 5.69 Å². The molecule has 0 aliphatic rings. The number of aromatic nitrogens is 1. The number of pyridine rings is 1. The fourth-order valence-electron chi connectivity index (χ4n) is 2.31. The summed E-state index contributed by atoms with van der Waals surface area (Å²) >= 11 is 0. The highest BCUT2D eigenvalue weighted by atomic mass is 16.5. The van der Waals surface area contributed by atoms with E-state index in [9.17, 15) is 9.59 Å². The van der Waals surface area contributed by atoms with Gasteiger partial charge in [0.05, 0.1) is 12.7 Å². The molecule has 0 atom stereocenters. The van der Waals surface area contributed by atoms with Crippen molar-refractivity contribution in [2.24, 2.45) is 0 Å². The lowest BCUT2D eigenvalue weighted by Crippen LogP contribution is -2.29. The van der Waals surface area contributed by atoms with Crippen LogP contribution >= 0.6 is 0 Å². The Kier molecular flexibility index (Phi) is 5.89. The Morgan fingerprint density at radius 1 is 1.21 bits per heavy atom. The van der Waals surface area contributed by atoms with Crippen molar-refractivity contribution in [2.75, 3.05) is 26.0 Å². The number of hydrogen-bond acceptors (Lipinski definition) is 4. The molecule has 0 aliphatic carbocycles. The second kappa shape index (κ2) is 8.10. The molecule has 0 saturated heterocycles. The molecule has 126 valence electrons. The zero-order valence-corrected chi connectivity index (χ0v) is 14.1. The van der Waals surface area contributed by atoms with Crippen molar-refractivity contribution >= 4 is 17.5 Å². The minimum absolute atomic E-state index is 0.159. The molecule has 24 heavy (non-hydrogen) atoms. The number of hydrogen-bond donors (Lipinski definition) is 1. The standard InChI is InChI=1S/C18H21N3O3/c1-13(22)20-15-4-5-17(24-3)16(12-15)18(23)21(2)11-8-14-6-9-19-10-7-14/h4-7,9-10,12H,8,11H2,1-3H3,(H,20,22). The first-order valence-electron chi connectivity index (χ1n) is 7.61. The molecule has 2 amide bonds. The number of benzene rings is 1. The molecular formula is C18H21N3O3. The van der Waals surface area contributed by atoms with E-state index in [1.54, 1.807) is 42.5 Å². The molecule has 0 aliphatic heterocycles. The summed E-state index contributed by atoms with van der Waals surface area (Å²) < 4.78 is 5.27. The first-order chi connectivity index (χ1) is 11.5. The van der Waals surface area contributed by atoms with Crippen molar-refractivity contribution in [3.05, 3.63) is 53.9 Å². The van der Waals surface area contributed by atoms with Crippen LogP contribution in [-0.4, -0.2) is 42.4 Å². The fourth-order valence-corrected chi connectivity index (χ4v) is 2.31. The van der Waals surface area contributed by atoms with E-state index in [4.69, 9.17) is 4.74 Å². The number of nitrogens with zero attached hydrogens (tertiary/aromatic N) is 2. The van der Waals surface area contributed by atoms with E-state index in [0.29, 0.717) is 23.5 Å². The van der Waals surface area contributed by atoms with Crippen LogP contribution in [0.15, 0.2) is 42.7 Å². The van der Waals surface area contributed by atoms with Gasteiger partial charge >= 0.3 is 0 Å². The molecule has 1 aromatic heterocycles. The van der Waals surface area contributed by atoms with Gasteiger partial charge in [0.2, 0.25) is 5.91 Å². The number of carbonyl (C=O) groups excluding carboxylic acids is 2. The van der Waals surface area contributed by atoms with Crippen LogP contribution in [0.2, 0.25) is 0 Å². The van der Waals surface area contributed by atoms with Gasteiger partial charge in [0.1, 0.15) is 5.75 Å². The number of ether oxygens (including phenoxy) is 1. The smallest absolute Gasteiger partial charge is 0.257 e. The Hall–Kier alpha value is -2.89. The van der Waals surface area contributed by atoms with Gasteiger partial charge in [-0.3, -0.25) is 14.6 Å². The normalized spacial score (nSPS) is 10.1. The second-order valence-electron chi connectivity index (χ2n) is 5.43. The highest BCUT2D eigenvalue weighted by Gasteiger charge is 2.17. The third-order valence-electron chi connectivity index (χ3n) is 3.58. The maximum absolute atomic E-state index is 12.7. The maximum Gasteiger partial charge on any atom is 0.257 e. The minimum Gasteiger partial charge on any atom is -0.496 e. The van der Waals surface area contributed by atoms with Crippen LogP contribution < -0.4 is 10.1 Å². The molecule has 6 heteroatoms. The predicted molar refractivity (Wildman–Crippen MR) is 92.2 cm³/mol. The molecule has 0 fully saturated rings. The molecule has 0 radical (unpaired) electrons. The lowest BCUT2D eigenvalue weighted by molar-refractivity contribution is -0.114. The van der Waals surface area contributed by atoms with Gasteiger partial charge in [-0.2, -0.15) is 0 Å². The Morgan fingerprint density at radius 2 is 1.92 bits per heavy atom. The van der Waals surface area contributed by atoms with Crippen LogP contribution in [0, 0.1) is 0 Å². The average molecular weight is 327 g/mol. The van der Waals surface area contributed by atoms with E-state index < -0.39 is 0 Å². The van der Waals surface area contributed by atoms with Gasteiger partial charge in [0.15, 0.2) is 0 Å². The van der Waals surface area contributed by atoms with Crippen molar-refractivity contribution in [1.29, 1.82) is 0 Å². The molecule has 0 unspecified atom stereocenters. The predicted octanol–water partition coefficient (Wildman–Crippen LogP) is 2.36. The number of likely N-dealkylation sites (N-methyl/N-ethyl adjacent to an activating group) is 1. The van der Waals surface area contributed by atoms with Gasteiger partial charge < -0.3 is 15.0 Å². The number of anilines is 1. The summed E-state index contributed by atoms with van der Waals surface area (Å²) in [5.74, 6) is 0.127.